The highest BCUT2D eigenvalue weighted by Crippen LogP contribution is 2.22. The molecule has 1 saturated heterocycles. The summed E-state index contributed by atoms with van der Waals surface area (Å²) in [6.45, 7) is 7.91. The molecule has 0 bridgehead atoms. The Morgan fingerprint density at radius 3 is 2.13 bits per heavy atom. The predicted octanol–water partition coefficient (Wildman–Crippen LogP) is 4.90. The van der Waals surface area contributed by atoms with Crippen LogP contribution in [-0.2, 0) is 27.2 Å². The summed E-state index contributed by atoms with van der Waals surface area (Å²) >= 11 is 0. The smallest absolute Gasteiger partial charge is 0.414 e. The van der Waals surface area contributed by atoms with Gasteiger partial charge in [-0.25, -0.2) is 9.59 Å². The van der Waals surface area contributed by atoms with Gasteiger partial charge in [0.25, 0.3) is 0 Å². The minimum Gasteiger partial charge on any atom is -0.473 e. The molecule has 2 N–H and O–H groups in total. The van der Waals surface area contributed by atoms with Crippen LogP contribution in [0.1, 0.15) is 72.6 Å². The Balaban J connectivity index is 0.000000560. The largest absolute Gasteiger partial charge is 0.473 e. The third-order valence-electron chi connectivity index (χ3n) is 6.56. The summed E-state index contributed by atoms with van der Waals surface area (Å²) in [7, 11) is 0. The number of aliphatic carboxylic acids is 2. The van der Waals surface area contributed by atoms with E-state index in [0.717, 1.165) is 42.5 Å². The third-order valence-corrected chi connectivity index (χ3v) is 6.56. The number of nitrogens with zero attached hydrogens (tertiary/aromatic N) is 2. The zero-order valence-electron chi connectivity index (χ0n) is 22.1. The number of carbonyl (C=O) groups excluding carboxylic acids is 2. The molecule has 0 atom stereocenters. The molecule has 204 valence electrons. The molecule has 8 heteroatoms. The lowest BCUT2D eigenvalue weighted by molar-refractivity contribution is -0.159. The fourth-order valence-electron chi connectivity index (χ4n) is 4.64. The molecule has 0 aliphatic carbocycles. The Bertz CT molecular complexity index is 1170. The molecular weight excluding hydrogens is 484 g/mol. The summed E-state index contributed by atoms with van der Waals surface area (Å²) in [5.74, 6) is -3.52. The summed E-state index contributed by atoms with van der Waals surface area (Å²) in [6.07, 6.45) is 11.6. The highest BCUT2D eigenvalue weighted by Gasteiger charge is 2.19. The first-order valence-corrected chi connectivity index (χ1v) is 13.1. The number of pyridine rings is 1. The number of piperidine rings is 1. The number of hydrogen-bond donors (Lipinski definition) is 2. The highest BCUT2D eigenvalue weighted by molar-refractivity contribution is 6.27. The van der Waals surface area contributed by atoms with Gasteiger partial charge in [0.2, 0.25) is 5.78 Å². The first-order valence-electron chi connectivity index (χ1n) is 13.1. The molecule has 1 aliphatic heterocycles. The second-order valence-electron chi connectivity index (χ2n) is 9.26. The van der Waals surface area contributed by atoms with Crippen LogP contribution in [0.2, 0.25) is 0 Å². The van der Waals surface area contributed by atoms with Gasteiger partial charge in [-0.15, -0.1) is 0 Å². The van der Waals surface area contributed by atoms with Crippen LogP contribution < -0.4 is 0 Å². The molecule has 3 aromatic rings. The highest BCUT2D eigenvalue weighted by atomic mass is 16.4. The van der Waals surface area contributed by atoms with E-state index < -0.39 is 11.9 Å². The van der Waals surface area contributed by atoms with Crippen LogP contribution in [0.25, 0.3) is 5.52 Å². The number of carboxylic acids is 2. The fraction of sp³-hybridized carbons (Fsp3) is 0.400. The van der Waals surface area contributed by atoms with Gasteiger partial charge in [-0.3, -0.25) is 4.79 Å². The second kappa shape index (κ2) is 16.1. The second-order valence-corrected chi connectivity index (χ2v) is 9.26. The SMILES string of the molecule is C=O.CCCCc1cc2ccccn2c1C(=O)c1ccc(CCCN2CCCCC2)cc1.O=C(O)C(=O)O. The summed E-state index contributed by atoms with van der Waals surface area (Å²) in [4.78, 5) is 42.2. The number of benzene rings is 1. The Morgan fingerprint density at radius 2 is 1.53 bits per heavy atom. The number of hydrogen-bond acceptors (Lipinski definition) is 5. The summed E-state index contributed by atoms with van der Waals surface area (Å²) in [5.41, 5.74) is 5.21. The molecule has 0 saturated carbocycles. The van der Waals surface area contributed by atoms with E-state index in [0.29, 0.717) is 0 Å². The summed E-state index contributed by atoms with van der Waals surface area (Å²) in [5, 5.41) is 14.8. The topological polar surface area (TPSA) is 116 Å². The molecular formula is C30H38N2O6. The van der Waals surface area contributed by atoms with Gasteiger partial charge in [0.1, 0.15) is 6.79 Å². The average Bonchev–Trinajstić information content (AvgIpc) is 3.32. The Morgan fingerprint density at radius 1 is 0.868 bits per heavy atom. The van der Waals surface area contributed by atoms with E-state index in [1.807, 2.05) is 37.3 Å². The van der Waals surface area contributed by atoms with Crippen molar-refractivity contribution in [3.05, 3.63) is 77.1 Å². The van der Waals surface area contributed by atoms with Crippen LogP contribution in [0.3, 0.4) is 0 Å². The Labute approximate surface area is 223 Å². The summed E-state index contributed by atoms with van der Waals surface area (Å²) < 4.78 is 2.06. The zero-order chi connectivity index (χ0) is 27.9. The average molecular weight is 523 g/mol. The van der Waals surface area contributed by atoms with E-state index in [2.05, 4.69) is 40.5 Å². The van der Waals surface area contributed by atoms with Crippen molar-refractivity contribution in [3.8, 4) is 0 Å². The van der Waals surface area contributed by atoms with Gasteiger partial charge >= 0.3 is 11.9 Å². The normalized spacial score (nSPS) is 13.1. The fourth-order valence-corrected chi connectivity index (χ4v) is 4.64. The van der Waals surface area contributed by atoms with Crippen molar-refractivity contribution in [3.63, 3.8) is 0 Å². The van der Waals surface area contributed by atoms with E-state index in [-0.39, 0.29) is 5.78 Å². The van der Waals surface area contributed by atoms with Crippen molar-refractivity contribution >= 4 is 30.0 Å². The van der Waals surface area contributed by atoms with Gasteiger partial charge < -0.3 is 24.3 Å². The number of unbranched alkanes of at least 4 members (excludes halogenated alkanes) is 1. The third kappa shape index (κ3) is 8.95. The lowest BCUT2D eigenvalue weighted by Crippen LogP contribution is -2.30. The molecule has 4 rings (SSSR count). The van der Waals surface area contributed by atoms with Crippen LogP contribution in [0.5, 0.6) is 0 Å². The first kappa shape index (κ1) is 30.4. The van der Waals surface area contributed by atoms with Crippen molar-refractivity contribution in [2.45, 2.75) is 58.3 Å². The van der Waals surface area contributed by atoms with Crippen LogP contribution in [-0.4, -0.2) is 63.7 Å². The molecule has 1 fully saturated rings. The standard InChI is InChI=1S/C27H34N2O.C2H2O4.CH2O/c1-2-3-11-24-21-25-12-5-8-20-29(25)26(24)27(30)23-15-13-22(14-16-23)10-9-19-28-17-6-4-7-18-28;3-1(4)2(5)6;1-2/h5,8,12-16,20-21H,2-4,6-7,9-11,17-19H2,1H3;(H,3,4)(H,5,6);1H2. The van der Waals surface area contributed by atoms with Crippen molar-refractivity contribution in [1.29, 1.82) is 0 Å². The molecule has 3 heterocycles. The Hall–Kier alpha value is -3.78. The molecule has 2 aromatic heterocycles. The van der Waals surface area contributed by atoms with E-state index in [1.54, 1.807) is 0 Å². The first-order chi connectivity index (χ1) is 18.4. The van der Waals surface area contributed by atoms with Crippen LogP contribution in [0.4, 0.5) is 0 Å². The van der Waals surface area contributed by atoms with Gasteiger partial charge in [-0.05, 0) is 87.5 Å². The zero-order valence-corrected chi connectivity index (χ0v) is 22.1. The number of ketones is 1. The van der Waals surface area contributed by atoms with Gasteiger partial charge in [0, 0.05) is 17.3 Å². The van der Waals surface area contributed by atoms with E-state index in [4.69, 9.17) is 24.6 Å². The molecule has 1 aromatic carbocycles. The molecule has 0 unspecified atom stereocenters. The summed E-state index contributed by atoms with van der Waals surface area (Å²) in [6, 6.07) is 16.6. The maximum absolute atomic E-state index is 13.4. The predicted molar refractivity (Wildman–Crippen MR) is 147 cm³/mol. The molecule has 0 amide bonds. The molecule has 0 radical (unpaired) electrons. The van der Waals surface area contributed by atoms with Gasteiger partial charge in [0.05, 0.1) is 5.69 Å². The van der Waals surface area contributed by atoms with Gasteiger partial charge in [-0.1, -0.05) is 50.1 Å². The maximum Gasteiger partial charge on any atom is 0.414 e. The number of rotatable bonds is 9. The lowest BCUT2D eigenvalue weighted by atomic mass is 10.00. The van der Waals surface area contributed by atoms with E-state index >= 15 is 0 Å². The number of aryl methyl sites for hydroxylation is 2. The molecule has 8 nitrogen and oxygen atoms in total. The molecule has 38 heavy (non-hydrogen) atoms. The van der Waals surface area contributed by atoms with Gasteiger partial charge in [-0.2, -0.15) is 0 Å². The molecule has 1 aliphatic rings. The molecule has 0 spiro atoms. The van der Waals surface area contributed by atoms with Crippen LogP contribution in [0, 0.1) is 0 Å². The van der Waals surface area contributed by atoms with Crippen molar-refractivity contribution in [1.82, 2.24) is 9.30 Å². The van der Waals surface area contributed by atoms with Crippen molar-refractivity contribution < 1.29 is 29.4 Å². The minimum absolute atomic E-state index is 0.132. The van der Waals surface area contributed by atoms with E-state index in [9.17, 15) is 4.79 Å². The van der Waals surface area contributed by atoms with E-state index in [1.165, 1.54) is 56.4 Å². The van der Waals surface area contributed by atoms with Crippen molar-refractivity contribution in [2.75, 3.05) is 19.6 Å². The lowest BCUT2D eigenvalue weighted by Gasteiger charge is -2.26. The quantitative estimate of drug-likeness (QED) is 0.303. The van der Waals surface area contributed by atoms with Crippen LogP contribution >= 0.6 is 0 Å². The van der Waals surface area contributed by atoms with Gasteiger partial charge in [0.15, 0.2) is 0 Å². The number of fused-ring (bicyclic) bond motifs is 1. The minimum atomic E-state index is -1.82. The number of carboxylic acid groups (broad SMARTS) is 2. The van der Waals surface area contributed by atoms with Crippen LogP contribution in [0.15, 0.2) is 54.7 Å². The maximum atomic E-state index is 13.4. The Kier molecular flexibility index (Phi) is 12.9. The van der Waals surface area contributed by atoms with Crippen molar-refractivity contribution in [2.24, 2.45) is 0 Å². The number of aromatic nitrogens is 1. The monoisotopic (exact) mass is 522 g/mol. The number of likely N-dealkylation sites (tertiary alicyclic amines) is 1. The number of carbonyl (C=O) groups is 4.